The van der Waals surface area contributed by atoms with Crippen LogP contribution in [0.15, 0.2) is 91.6 Å². The Morgan fingerprint density at radius 3 is 1.98 bits per heavy atom. The maximum Gasteiger partial charge on any atom is 0.313 e. The molecular formula is C26H18ClF2N7O9S3. The average molecular weight is 742 g/mol. The van der Waals surface area contributed by atoms with Gasteiger partial charge in [0, 0.05) is 22.1 Å². The molecule has 0 spiro atoms. The monoisotopic (exact) mass is 741 g/mol. The molecule has 0 unspecified atom stereocenters. The minimum absolute atomic E-state index is 0.00790. The molecule has 0 atom stereocenters. The van der Waals surface area contributed by atoms with Crippen LogP contribution in [0.5, 0.6) is 0 Å². The maximum atomic E-state index is 13.8. The predicted octanol–water partition coefficient (Wildman–Crippen LogP) is 5.79. The minimum Gasteiger partial charge on any atom is -0.397 e. The van der Waals surface area contributed by atoms with Gasteiger partial charge in [-0.05, 0) is 48.5 Å². The summed E-state index contributed by atoms with van der Waals surface area (Å²) in [5.41, 5.74) is 4.84. The van der Waals surface area contributed by atoms with Crippen molar-refractivity contribution in [3.8, 4) is 0 Å². The number of benzene rings is 4. The van der Waals surface area contributed by atoms with Crippen LogP contribution < -0.4 is 16.4 Å². The molecule has 0 fully saturated rings. The average Bonchev–Trinajstić information content (AvgIpc) is 2.97. The Morgan fingerprint density at radius 1 is 0.708 bits per heavy atom. The zero-order chi connectivity index (χ0) is 35.2. The van der Waals surface area contributed by atoms with Crippen molar-refractivity contribution in [2.45, 2.75) is 14.7 Å². The lowest BCUT2D eigenvalue weighted by atomic mass is 10.1. The van der Waals surface area contributed by atoms with Gasteiger partial charge in [0.1, 0.15) is 31.1 Å². The smallest absolute Gasteiger partial charge is 0.313 e. The minimum atomic E-state index is -4.95. The van der Waals surface area contributed by atoms with Crippen molar-refractivity contribution < 1.29 is 47.7 Å². The van der Waals surface area contributed by atoms with E-state index in [0.717, 1.165) is 42.5 Å². The summed E-state index contributed by atoms with van der Waals surface area (Å²) in [4.78, 5) is 4.25. The van der Waals surface area contributed by atoms with Crippen LogP contribution >= 0.6 is 11.6 Å². The molecule has 5 rings (SSSR count). The fourth-order valence-electron chi connectivity index (χ4n) is 4.36. The first-order valence-electron chi connectivity index (χ1n) is 12.7. The van der Waals surface area contributed by atoms with E-state index < -0.39 is 73.6 Å². The van der Waals surface area contributed by atoms with Gasteiger partial charge in [-0.1, -0.05) is 29.8 Å². The summed E-state index contributed by atoms with van der Waals surface area (Å²) in [5, 5.41) is 12.4. The third kappa shape index (κ3) is 7.31. The standard InChI is InChI=1S/C26H18ClF2N7O9S3/c27-22-24(28)33-26(29)34-25(22)32-13-5-8-20(47(40,41)42)17(10-13)31-12-4-9-21(48(43,44)45)18(11-12)35-36-23-15-2-1-3-19(46(37,38)39)14(15)6-7-16(23)30/h1-11,31H,30H2,(H,32,33,34)(H,37,38,39)(H,40,41,42)(H,43,44,45). The van der Waals surface area contributed by atoms with Crippen LogP contribution in [0, 0.1) is 12.0 Å². The molecule has 5 aromatic rings. The Balaban J connectivity index is 1.60. The molecule has 0 bridgehead atoms. The van der Waals surface area contributed by atoms with E-state index in [0.29, 0.717) is 0 Å². The molecule has 1 aromatic heterocycles. The highest BCUT2D eigenvalue weighted by atomic mass is 35.5. The largest absolute Gasteiger partial charge is 0.397 e. The molecule has 0 saturated carbocycles. The van der Waals surface area contributed by atoms with Crippen LogP contribution in [-0.4, -0.2) is 48.9 Å². The van der Waals surface area contributed by atoms with Gasteiger partial charge in [-0.3, -0.25) is 13.7 Å². The summed E-state index contributed by atoms with van der Waals surface area (Å²) in [5.74, 6) is -1.91. The summed E-state index contributed by atoms with van der Waals surface area (Å²) in [6.45, 7) is 0. The molecule has 1 heterocycles. The number of rotatable bonds is 9. The van der Waals surface area contributed by atoms with Crippen LogP contribution in [0.4, 0.5) is 48.7 Å². The van der Waals surface area contributed by atoms with Crippen LogP contribution in [0.1, 0.15) is 0 Å². The number of anilines is 5. The number of nitrogen functional groups attached to an aromatic ring is 1. The van der Waals surface area contributed by atoms with E-state index in [1.54, 1.807) is 0 Å². The number of nitrogens with one attached hydrogen (secondary N) is 2. The van der Waals surface area contributed by atoms with Crippen molar-refractivity contribution in [3.05, 3.63) is 83.8 Å². The van der Waals surface area contributed by atoms with Gasteiger partial charge in [-0.15, -0.1) is 10.2 Å². The van der Waals surface area contributed by atoms with Gasteiger partial charge in [-0.25, -0.2) is 0 Å². The number of hydrogen-bond acceptors (Lipinski definition) is 13. The van der Waals surface area contributed by atoms with Gasteiger partial charge < -0.3 is 16.4 Å². The highest BCUT2D eigenvalue weighted by molar-refractivity contribution is 7.86. The third-order valence-corrected chi connectivity index (χ3v) is 9.44. The van der Waals surface area contributed by atoms with Gasteiger partial charge in [0.2, 0.25) is 5.95 Å². The second-order valence-electron chi connectivity index (χ2n) is 9.57. The van der Waals surface area contributed by atoms with Gasteiger partial charge in [0.25, 0.3) is 30.4 Å². The van der Waals surface area contributed by atoms with Crippen LogP contribution in [0.25, 0.3) is 10.8 Å². The van der Waals surface area contributed by atoms with E-state index >= 15 is 0 Å². The Labute approximate surface area is 274 Å². The normalized spacial score (nSPS) is 12.5. The molecule has 0 aliphatic rings. The SMILES string of the molecule is Nc1ccc2c(S(=O)(=O)O)cccc2c1N=Nc1cc(Nc2cc(Nc3nc(F)nc(F)c3Cl)ccc2S(=O)(=O)O)ccc1S(=O)(=O)O. The number of azo groups is 1. The second kappa shape index (κ2) is 12.6. The van der Waals surface area contributed by atoms with E-state index in [4.69, 9.17) is 17.3 Å². The molecule has 0 saturated heterocycles. The van der Waals surface area contributed by atoms with Gasteiger partial charge in [0.15, 0.2) is 5.82 Å². The first-order chi connectivity index (χ1) is 22.3. The molecule has 7 N–H and O–H groups in total. The fourth-order valence-corrected chi connectivity index (χ4v) is 6.43. The quantitative estimate of drug-likeness (QED) is 0.0344. The Kier molecular flexibility index (Phi) is 9.05. The van der Waals surface area contributed by atoms with E-state index in [1.165, 1.54) is 24.3 Å². The van der Waals surface area contributed by atoms with Crippen LogP contribution in [0.3, 0.4) is 0 Å². The molecule has 22 heteroatoms. The van der Waals surface area contributed by atoms with Gasteiger partial charge in [0.05, 0.1) is 11.4 Å². The molecule has 16 nitrogen and oxygen atoms in total. The van der Waals surface area contributed by atoms with Crippen LogP contribution in [-0.2, 0) is 30.4 Å². The Morgan fingerprint density at radius 2 is 1.33 bits per heavy atom. The van der Waals surface area contributed by atoms with E-state index in [2.05, 4.69) is 30.8 Å². The lowest BCUT2D eigenvalue weighted by Crippen LogP contribution is -2.06. The molecular weight excluding hydrogens is 724 g/mol. The lowest BCUT2D eigenvalue weighted by molar-refractivity contribution is 0.481. The van der Waals surface area contributed by atoms with Gasteiger partial charge >= 0.3 is 6.08 Å². The number of halogens is 3. The molecule has 0 radical (unpaired) electrons. The van der Waals surface area contributed by atoms with Crippen molar-refractivity contribution in [1.82, 2.24) is 9.97 Å². The number of hydrogen-bond donors (Lipinski definition) is 6. The molecule has 48 heavy (non-hydrogen) atoms. The van der Waals surface area contributed by atoms with E-state index in [1.807, 2.05) is 0 Å². The molecule has 250 valence electrons. The van der Waals surface area contributed by atoms with Gasteiger partial charge in [-0.2, -0.15) is 44.0 Å². The van der Waals surface area contributed by atoms with E-state index in [-0.39, 0.29) is 39.2 Å². The predicted molar refractivity (Wildman–Crippen MR) is 168 cm³/mol. The maximum absolute atomic E-state index is 13.8. The Hall–Kier alpha value is -4.90. The van der Waals surface area contributed by atoms with Crippen molar-refractivity contribution in [2.24, 2.45) is 10.2 Å². The fraction of sp³-hybridized carbons (Fsp3) is 0. The first kappa shape index (κ1) is 34.4. The van der Waals surface area contributed by atoms with Crippen molar-refractivity contribution in [1.29, 1.82) is 0 Å². The molecule has 0 aliphatic heterocycles. The molecule has 4 aromatic carbocycles. The number of fused-ring (bicyclic) bond motifs is 1. The summed E-state index contributed by atoms with van der Waals surface area (Å²) in [6.07, 6.45) is -1.46. The third-order valence-electron chi connectivity index (χ3n) is 6.38. The zero-order valence-corrected chi connectivity index (χ0v) is 26.6. The van der Waals surface area contributed by atoms with Crippen molar-refractivity contribution in [3.63, 3.8) is 0 Å². The summed E-state index contributed by atoms with van der Waals surface area (Å²) >= 11 is 5.79. The summed E-state index contributed by atoms with van der Waals surface area (Å²) < 4.78 is 129. The Bertz CT molecular complexity index is 2510. The lowest BCUT2D eigenvalue weighted by Gasteiger charge is -2.15. The van der Waals surface area contributed by atoms with E-state index in [9.17, 15) is 47.7 Å². The highest BCUT2D eigenvalue weighted by Crippen LogP contribution is 2.38. The highest BCUT2D eigenvalue weighted by Gasteiger charge is 2.21. The van der Waals surface area contributed by atoms with Crippen molar-refractivity contribution >= 4 is 92.7 Å². The van der Waals surface area contributed by atoms with Crippen LogP contribution in [0.2, 0.25) is 5.02 Å². The first-order valence-corrected chi connectivity index (χ1v) is 17.4. The number of aromatic nitrogens is 2. The summed E-state index contributed by atoms with van der Waals surface area (Å²) in [6, 6.07) is 12.5. The topological polar surface area (TPSA) is 264 Å². The summed E-state index contributed by atoms with van der Waals surface area (Å²) in [7, 11) is -14.5. The number of nitrogens with zero attached hydrogens (tertiary/aromatic N) is 4. The molecule has 0 aliphatic carbocycles. The second-order valence-corrected chi connectivity index (χ2v) is 14.1. The molecule has 0 amide bonds. The number of nitrogens with two attached hydrogens (primary N) is 1. The zero-order valence-electron chi connectivity index (χ0n) is 23.4. The van der Waals surface area contributed by atoms with Crippen molar-refractivity contribution in [2.75, 3.05) is 16.4 Å².